The van der Waals surface area contributed by atoms with Crippen molar-refractivity contribution in [1.82, 2.24) is 0 Å². The van der Waals surface area contributed by atoms with Crippen molar-refractivity contribution >= 4 is 34.8 Å². The van der Waals surface area contributed by atoms with Gasteiger partial charge < -0.3 is 5.32 Å². The molecule has 0 bridgehead atoms. The lowest BCUT2D eigenvalue weighted by Gasteiger charge is -2.10. The van der Waals surface area contributed by atoms with Gasteiger partial charge in [-0.15, -0.1) is 11.6 Å². The largest absolute Gasteiger partial charge is 0.324 e. The van der Waals surface area contributed by atoms with E-state index in [-0.39, 0.29) is 11.8 Å². The Kier molecular flexibility index (Phi) is 4.43. The van der Waals surface area contributed by atoms with Crippen LogP contribution in [0.15, 0.2) is 18.2 Å². The third-order valence-electron chi connectivity index (χ3n) is 2.06. The van der Waals surface area contributed by atoms with Crippen molar-refractivity contribution in [2.45, 2.75) is 13.8 Å². The summed E-state index contributed by atoms with van der Waals surface area (Å²) < 4.78 is 0. The summed E-state index contributed by atoms with van der Waals surface area (Å²) in [5.41, 5.74) is 1.69. The van der Waals surface area contributed by atoms with Gasteiger partial charge in [0, 0.05) is 11.8 Å². The maximum absolute atomic E-state index is 11.5. The fourth-order valence-corrected chi connectivity index (χ4v) is 1.47. The van der Waals surface area contributed by atoms with E-state index in [0.29, 0.717) is 16.6 Å². The number of carbonyl (C=O) groups is 1. The zero-order valence-electron chi connectivity index (χ0n) is 8.68. The van der Waals surface area contributed by atoms with E-state index in [1.165, 1.54) is 0 Å². The molecule has 0 aliphatic heterocycles. The van der Waals surface area contributed by atoms with Gasteiger partial charge in [-0.25, -0.2) is 0 Å². The highest BCUT2D eigenvalue weighted by Gasteiger charge is 2.12. The summed E-state index contributed by atoms with van der Waals surface area (Å²) in [4.78, 5) is 11.5. The Morgan fingerprint density at radius 1 is 1.53 bits per heavy atom. The molecule has 15 heavy (non-hydrogen) atoms. The summed E-state index contributed by atoms with van der Waals surface area (Å²) in [6, 6.07) is 5.49. The first-order valence-electron chi connectivity index (χ1n) is 4.67. The van der Waals surface area contributed by atoms with E-state index in [0.717, 1.165) is 5.56 Å². The summed E-state index contributed by atoms with van der Waals surface area (Å²) in [5.74, 6) is -0.0326. The SMILES string of the molecule is Cc1ccc(NC(=O)C(C)CCl)c(Cl)c1. The zero-order chi connectivity index (χ0) is 11.4. The number of nitrogens with one attached hydrogen (secondary N) is 1. The summed E-state index contributed by atoms with van der Waals surface area (Å²) >= 11 is 11.6. The van der Waals surface area contributed by atoms with Crippen molar-refractivity contribution in [2.24, 2.45) is 5.92 Å². The second-order valence-corrected chi connectivity index (χ2v) is 4.24. The van der Waals surface area contributed by atoms with Gasteiger partial charge in [0.1, 0.15) is 0 Å². The lowest BCUT2D eigenvalue weighted by atomic mass is 10.2. The molecule has 0 aliphatic rings. The normalized spacial score (nSPS) is 12.3. The Morgan fingerprint density at radius 2 is 2.20 bits per heavy atom. The molecule has 1 amide bonds. The van der Waals surface area contributed by atoms with Gasteiger partial charge in [0.15, 0.2) is 0 Å². The van der Waals surface area contributed by atoms with E-state index < -0.39 is 0 Å². The minimum atomic E-state index is -0.218. The molecule has 0 heterocycles. The topological polar surface area (TPSA) is 29.1 Å². The average Bonchev–Trinajstić information content (AvgIpc) is 2.20. The second-order valence-electron chi connectivity index (χ2n) is 3.53. The molecule has 0 saturated heterocycles. The number of benzene rings is 1. The van der Waals surface area contributed by atoms with Crippen LogP contribution in [0.5, 0.6) is 0 Å². The number of carbonyl (C=O) groups excluding carboxylic acids is 1. The number of hydrogen-bond donors (Lipinski definition) is 1. The maximum atomic E-state index is 11.5. The molecule has 1 aromatic rings. The Morgan fingerprint density at radius 3 is 2.73 bits per heavy atom. The van der Waals surface area contributed by atoms with Gasteiger partial charge in [-0.1, -0.05) is 24.6 Å². The molecule has 0 spiro atoms. The van der Waals surface area contributed by atoms with Crippen LogP contribution in [-0.4, -0.2) is 11.8 Å². The molecule has 0 radical (unpaired) electrons. The van der Waals surface area contributed by atoms with Gasteiger partial charge in [-0.05, 0) is 24.6 Å². The van der Waals surface area contributed by atoms with Gasteiger partial charge in [0.05, 0.1) is 10.7 Å². The maximum Gasteiger partial charge on any atom is 0.228 e. The number of rotatable bonds is 3. The minimum absolute atomic E-state index is 0.115. The number of alkyl halides is 1. The highest BCUT2D eigenvalue weighted by molar-refractivity contribution is 6.33. The summed E-state index contributed by atoms with van der Waals surface area (Å²) in [6.07, 6.45) is 0. The molecule has 1 rings (SSSR count). The molecule has 1 unspecified atom stereocenters. The third kappa shape index (κ3) is 3.40. The molecule has 82 valence electrons. The van der Waals surface area contributed by atoms with E-state index >= 15 is 0 Å². The molecule has 1 N–H and O–H groups in total. The summed E-state index contributed by atoms with van der Waals surface area (Å²) in [6.45, 7) is 3.71. The Balaban J connectivity index is 2.77. The lowest BCUT2D eigenvalue weighted by Crippen LogP contribution is -2.21. The smallest absolute Gasteiger partial charge is 0.228 e. The summed E-state index contributed by atoms with van der Waals surface area (Å²) in [7, 11) is 0. The highest BCUT2D eigenvalue weighted by Crippen LogP contribution is 2.23. The van der Waals surface area contributed by atoms with Crippen LogP contribution >= 0.6 is 23.2 Å². The lowest BCUT2D eigenvalue weighted by molar-refractivity contribution is -0.118. The standard InChI is InChI=1S/C11H13Cl2NO/c1-7-3-4-10(9(13)5-7)14-11(15)8(2)6-12/h3-5,8H,6H2,1-2H3,(H,14,15). The molecule has 0 saturated carbocycles. The van der Waals surface area contributed by atoms with Crippen molar-refractivity contribution in [3.8, 4) is 0 Å². The monoisotopic (exact) mass is 245 g/mol. The van der Waals surface area contributed by atoms with Crippen LogP contribution in [0.1, 0.15) is 12.5 Å². The molecule has 0 aliphatic carbocycles. The van der Waals surface area contributed by atoms with Crippen LogP contribution in [0.25, 0.3) is 0 Å². The van der Waals surface area contributed by atoms with Gasteiger partial charge >= 0.3 is 0 Å². The van der Waals surface area contributed by atoms with Gasteiger partial charge in [-0.3, -0.25) is 4.79 Å². The van der Waals surface area contributed by atoms with E-state index in [2.05, 4.69) is 5.32 Å². The number of aryl methyl sites for hydroxylation is 1. The first-order valence-corrected chi connectivity index (χ1v) is 5.59. The van der Waals surface area contributed by atoms with Crippen molar-refractivity contribution < 1.29 is 4.79 Å². The fraction of sp³-hybridized carbons (Fsp3) is 0.364. The Labute approximate surface area is 99.6 Å². The van der Waals surface area contributed by atoms with Crippen LogP contribution in [0.3, 0.4) is 0 Å². The van der Waals surface area contributed by atoms with Crippen molar-refractivity contribution in [3.63, 3.8) is 0 Å². The van der Waals surface area contributed by atoms with Gasteiger partial charge in [0.2, 0.25) is 5.91 Å². The first-order chi connectivity index (χ1) is 7.04. The van der Waals surface area contributed by atoms with Crippen molar-refractivity contribution in [1.29, 1.82) is 0 Å². The molecule has 2 nitrogen and oxygen atoms in total. The number of amides is 1. The number of halogens is 2. The van der Waals surface area contributed by atoms with Crippen LogP contribution in [0, 0.1) is 12.8 Å². The van der Waals surface area contributed by atoms with Crippen LogP contribution in [-0.2, 0) is 4.79 Å². The fourth-order valence-electron chi connectivity index (χ4n) is 1.05. The van der Waals surface area contributed by atoms with Gasteiger partial charge in [-0.2, -0.15) is 0 Å². The predicted octanol–water partition coefficient (Wildman–Crippen LogP) is 3.46. The van der Waals surface area contributed by atoms with E-state index in [1.807, 2.05) is 19.1 Å². The third-order valence-corrected chi connectivity index (χ3v) is 2.84. The number of hydrogen-bond acceptors (Lipinski definition) is 1. The minimum Gasteiger partial charge on any atom is -0.324 e. The highest BCUT2D eigenvalue weighted by atomic mass is 35.5. The van der Waals surface area contributed by atoms with E-state index in [9.17, 15) is 4.79 Å². The molecule has 4 heteroatoms. The molecular formula is C11H13Cl2NO. The zero-order valence-corrected chi connectivity index (χ0v) is 10.2. The second kappa shape index (κ2) is 5.38. The van der Waals surface area contributed by atoms with Gasteiger partial charge in [0.25, 0.3) is 0 Å². The van der Waals surface area contributed by atoms with E-state index in [1.54, 1.807) is 13.0 Å². The number of anilines is 1. The Bertz CT molecular complexity index is 366. The van der Waals surface area contributed by atoms with Crippen LogP contribution in [0.4, 0.5) is 5.69 Å². The molecule has 0 aromatic heterocycles. The van der Waals surface area contributed by atoms with Crippen molar-refractivity contribution in [2.75, 3.05) is 11.2 Å². The van der Waals surface area contributed by atoms with Crippen molar-refractivity contribution in [3.05, 3.63) is 28.8 Å². The van der Waals surface area contributed by atoms with Crippen LogP contribution < -0.4 is 5.32 Å². The summed E-state index contributed by atoms with van der Waals surface area (Å²) in [5, 5.41) is 3.28. The average molecular weight is 246 g/mol. The molecular weight excluding hydrogens is 233 g/mol. The quantitative estimate of drug-likeness (QED) is 0.813. The molecule has 0 fully saturated rings. The molecule has 1 atom stereocenters. The van der Waals surface area contributed by atoms with Crippen LogP contribution in [0.2, 0.25) is 5.02 Å². The Hall–Kier alpha value is -0.730. The molecule has 1 aromatic carbocycles. The first kappa shape index (κ1) is 12.3. The predicted molar refractivity (Wildman–Crippen MR) is 64.7 cm³/mol. The van der Waals surface area contributed by atoms with E-state index in [4.69, 9.17) is 23.2 Å².